The molecule has 7 nitrogen and oxygen atoms in total. The zero-order valence-electron chi connectivity index (χ0n) is 18.3. The summed E-state index contributed by atoms with van der Waals surface area (Å²) in [6.07, 6.45) is 0. The molecule has 2 aromatic heterocycles. The van der Waals surface area contributed by atoms with Crippen LogP contribution in [0.4, 0.5) is 0 Å². The fourth-order valence-electron chi connectivity index (χ4n) is 3.01. The van der Waals surface area contributed by atoms with Gasteiger partial charge in [-0.1, -0.05) is 29.4 Å². The number of hydrogen-bond donors (Lipinski definition) is 0. The Morgan fingerprint density at radius 2 is 1.78 bits per heavy atom. The van der Waals surface area contributed by atoms with E-state index < -0.39 is 0 Å². The highest BCUT2D eigenvalue weighted by atomic mass is 35.5. The van der Waals surface area contributed by atoms with E-state index in [-0.39, 0.29) is 6.61 Å². The van der Waals surface area contributed by atoms with E-state index in [0.29, 0.717) is 33.4 Å². The summed E-state index contributed by atoms with van der Waals surface area (Å²) >= 11 is 7.89. The number of oxazole rings is 1. The maximum atomic E-state index is 6.40. The van der Waals surface area contributed by atoms with Crippen molar-refractivity contribution in [2.75, 3.05) is 7.11 Å². The van der Waals surface area contributed by atoms with Gasteiger partial charge in [-0.3, -0.25) is 4.57 Å². The molecule has 0 aliphatic carbocycles. The molecule has 0 aliphatic rings. The monoisotopic (exact) mass is 470 g/mol. The number of ether oxygens (including phenoxy) is 2. The van der Waals surface area contributed by atoms with Crippen LogP contribution < -0.4 is 9.47 Å². The Labute approximate surface area is 195 Å². The van der Waals surface area contributed by atoms with Crippen LogP contribution in [0, 0.1) is 20.8 Å². The Morgan fingerprint density at radius 1 is 1.03 bits per heavy atom. The van der Waals surface area contributed by atoms with Gasteiger partial charge in [-0.15, -0.1) is 10.2 Å². The number of thioether (sulfide) groups is 1. The molecule has 0 unspecified atom stereocenters. The third kappa shape index (κ3) is 4.92. The van der Waals surface area contributed by atoms with Crippen LogP contribution >= 0.6 is 23.4 Å². The Bertz CT molecular complexity index is 1200. The minimum atomic E-state index is 0.239. The second kappa shape index (κ2) is 9.67. The van der Waals surface area contributed by atoms with Gasteiger partial charge < -0.3 is 13.9 Å². The number of nitrogens with zero attached hydrogens (tertiary/aromatic N) is 4. The van der Waals surface area contributed by atoms with E-state index in [1.54, 1.807) is 7.11 Å². The summed E-state index contributed by atoms with van der Waals surface area (Å²) in [4.78, 5) is 4.45. The molecule has 2 heterocycles. The standard InChI is InChI=1S/C23H23ClN4O3S/c1-14-5-6-17(11-20(14)24)28-21(12-30-19-9-7-18(29-4)8-10-19)26-27-23(28)32-13-22-25-15(2)16(3)31-22/h5-11H,12-13H2,1-4H3. The van der Waals surface area contributed by atoms with E-state index >= 15 is 0 Å². The molecule has 0 atom stereocenters. The molecule has 4 aromatic rings. The van der Waals surface area contributed by atoms with Crippen molar-refractivity contribution in [3.8, 4) is 17.2 Å². The van der Waals surface area contributed by atoms with Crippen molar-refractivity contribution in [3.63, 3.8) is 0 Å². The van der Waals surface area contributed by atoms with Gasteiger partial charge in [-0.2, -0.15) is 0 Å². The summed E-state index contributed by atoms with van der Waals surface area (Å²) in [7, 11) is 1.63. The molecule has 0 N–H and O–H groups in total. The number of methoxy groups -OCH3 is 1. The topological polar surface area (TPSA) is 75.2 Å². The number of benzene rings is 2. The molecule has 4 rings (SSSR count). The van der Waals surface area contributed by atoms with E-state index in [0.717, 1.165) is 28.5 Å². The normalized spacial score (nSPS) is 11.0. The van der Waals surface area contributed by atoms with Gasteiger partial charge >= 0.3 is 0 Å². The number of rotatable bonds is 8. The molecule has 9 heteroatoms. The lowest BCUT2D eigenvalue weighted by molar-refractivity contribution is 0.292. The van der Waals surface area contributed by atoms with Gasteiger partial charge in [-0.05, 0) is 62.7 Å². The summed E-state index contributed by atoms with van der Waals surface area (Å²) in [6.45, 7) is 6.04. The maximum absolute atomic E-state index is 6.40. The first-order chi connectivity index (χ1) is 15.4. The van der Waals surface area contributed by atoms with Gasteiger partial charge in [0.05, 0.1) is 24.2 Å². The fraction of sp³-hybridized carbons (Fsp3) is 0.261. The molecule has 0 radical (unpaired) electrons. The Balaban J connectivity index is 1.60. The number of aromatic nitrogens is 4. The van der Waals surface area contributed by atoms with Gasteiger partial charge in [0.25, 0.3) is 0 Å². The van der Waals surface area contributed by atoms with Crippen LogP contribution in [0.1, 0.15) is 28.7 Å². The summed E-state index contributed by atoms with van der Waals surface area (Å²) in [5, 5.41) is 10.1. The lowest BCUT2D eigenvalue weighted by Crippen LogP contribution is -2.07. The van der Waals surface area contributed by atoms with E-state index in [9.17, 15) is 0 Å². The first-order valence-electron chi connectivity index (χ1n) is 9.98. The van der Waals surface area contributed by atoms with Crippen LogP contribution in [-0.4, -0.2) is 26.9 Å². The van der Waals surface area contributed by atoms with Gasteiger partial charge in [0, 0.05) is 5.02 Å². The van der Waals surface area contributed by atoms with Crippen LogP contribution in [-0.2, 0) is 12.4 Å². The average Bonchev–Trinajstić information content (AvgIpc) is 3.35. The van der Waals surface area contributed by atoms with Crippen molar-refractivity contribution in [1.29, 1.82) is 0 Å². The summed E-state index contributed by atoms with van der Waals surface area (Å²) in [5.74, 6) is 4.14. The van der Waals surface area contributed by atoms with E-state index in [2.05, 4.69) is 15.2 Å². The lowest BCUT2D eigenvalue weighted by Gasteiger charge is -2.12. The van der Waals surface area contributed by atoms with E-state index in [1.165, 1.54) is 11.8 Å². The summed E-state index contributed by atoms with van der Waals surface area (Å²) in [6, 6.07) is 13.3. The van der Waals surface area contributed by atoms with Crippen molar-refractivity contribution >= 4 is 23.4 Å². The number of halogens is 1. The fourth-order valence-corrected chi connectivity index (χ4v) is 4.00. The number of hydrogen-bond acceptors (Lipinski definition) is 7. The molecular weight excluding hydrogens is 448 g/mol. The van der Waals surface area contributed by atoms with Crippen LogP contribution in [0.2, 0.25) is 5.02 Å². The minimum Gasteiger partial charge on any atom is -0.497 e. The SMILES string of the molecule is COc1ccc(OCc2nnc(SCc3nc(C)c(C)o3)n2-c2ccc(C)c(Cl)c2)cc1. The lowest BCUT2D eigenvalue weighted by atomic mass is 10.2. The van der Waals surface area contributed by atoms with Gasteiger partial charge in [0.1, 0.15) is 23.9 Å². The van der Waals surface area contributed by atoms with Crippen molar-refractivity contribution in [2.45, 2.75) is 38.3 Å². The Morgan fingerprint density at radius 3 is 2.44 bits per heavy atom. The largest absolute Gasteiger partial charge is 0.497 e. The molecule has 0 fully saturated rings. The predicted molar refractivity (Wildman–Crippen MR) is 124 cm³/mol. The average molecular weight is 471 g/mol. The molecule has 0 aliphatic heterocycles. The highest BCUT2D eigenvalue weighted by Crippen LogP contribution is 2.28. The molecule has 2 aromatic carbocycles. The Hall–Kier alpha value is -2.97. The predicted octanol–water partition coefficient (Wildman–Crippen LogP) is 5.71. The molecular formula is C23H23ClN4O3S. The van der Waals surface area contributed by atoms with Gasteiger partial charge in [-0.25, -0.2) is 4.98 Å². The molecule has 32 heavy (non-hydrogen) atoms. The second-order valence-electron chi connectivity index (χ2n) is 7.17. The summed E-state index contributed by atoms with van der Waals surface area (Å²) < 4.78 is 18.8. The third-order valence-corrected chi connectivity index (χ3v) is 6.26. The highest BCUT2D eigenvalue weighted by Gasteiger charge is 2.17. The molecule has 0 spiro atoms. The van der Waals surface area contributed by atoms with E-state index in [1.807, 2.05) is 67.8 Å². The van der Waals surface area contributed by atoms with Crippen molar-refractivity contribution in [2.24, 2.45) is 0 Å². The van der Waals surface area contributed by atoms with Gasteiger partial charge in [0.2, 0.25) is 5.89 Å². The molecule has 0 bridgehead atoms. The smallest absolute Gasteiger partial charge is 0.205 e. The van der Waals surface area contributed by atoms with Crippen molar-refractivity contribution in [3.05, 3.63) is 76.2 Å². The third-order valence-electron chi connectivity index (χ3n) is 4.94. The maximum Gasteiger partial charge on any atom is 0.205 e. The number of aryl methyl sites for hydroxylation is 3. The van der Waals surface area contributed by atoms with Crippen molar-refractivity contribution < 1.29 is 13.9 Å². The zero-order chi connectivity index (χ0) is 22.7. The minimum absolute atomic E-state index is 0.239. The molecule has 0 saturated heterocycles. The Kier molecular flexibility index (Phi) is 6.72. The van der Waals surface area contributed by atoms with Crippen LogP contribution in [0.3, 0.4) is 0 Å². The zero-order valence-corrected chi connectivity index (χ0v) is 19.8. The quantitative estimate of drug-likeness (QED) is 0.305. The molecule has 0 saturated carbocycles. The van der Waals surface area contributed by atoms with Crippen molar-refractivity contribution in [1.82, 2.24) is 19.7 Å². The molecule has 0 amide bonds. The van der Waals surface area contributed by atoms with Gasteiger partial charge in [0.15, 0.2) is 11.0 Å². The van der Waals surface area contributed by atoms with Crippen LogP contribution in [0.15, 0.2) is 52.0 Å². The molecule has 166 valence electrons. The van der Waals surface area contributed by atoms with Crippen LogP contribution in [0.25, 0.3) is 5.69 Å². The van der Waals surface area contributed by atoms with Crippen LogP contribution in [0.5, 0.6) is 11.5 Å². The first kappa shape index (κ1) is 22.2. The second-order valence-corrected chi connectivity index (χ2v) is 8.52. The summed E-state index contributed by atoms with van der Waals surface area (Å²) in [5.41, 5.74) is 2.75. The highest BCUT2D eigenvalue weighted by molar-refractivity contribution is 7.98. The van der Waals surface area contributed by atoms with E-state index in [4.69, 9.17) is 25.5 Å². The first-order valence-corrected chi connectivity index (χ1v) is 11.3.